The third kappa shape index (κ3) is 4.79. The van der Waals surface area contributed by atoms with E-state index < -0.39 is 56.0 Å². The second-order valence-corrected chi connectivity index (χ2v) is 11.0. The first-order chi connectivity index (χ1) is 19.7. The van der Waals surface area contributed by atoms with Crippen molar-refractivity contribution in [1.82, 2.24) is 19.9 Å². The molecule has 0 N–H and O–H groups in total. The maximum absolute atomic E-state index is 13.4. The number of thioether (sulfide) groups is 2. The van der Waals surface area contributed by atoms with Gasteiger partial charge in [0.25, 0.3) is 11.4 Å². The Bertz CT molecular complexity index is 2010. The lowest BCUT2D eigenvalue weighted by molar-refractivity contribution is -0.0349. The first-order valence-corrected chi connectivity index (χ1v) is 13.1. The summed E-state index contributed by atoms with van der Waals surface area (Å²) in [6, 6.07) is 3.59. The monoisotopic (exact) mass is 612 g/mol. The second-order valence-electron chi connectivity index (χ2n) is 8.87. The maximum atomic E-state index is 13.4. The average Bonchev–Trinajstić information content (AvgIpc) is 3.42. The third-order valence-electron chi connectivity index (χ3n) is 6.49. The van der Waals surface area contributed by atoms with Gasteiger partial charge >= 0.3 is 11.0 Å². The van der Waals surface area contributed by atoms with Crippen molar-refractivity contribution in [2.45, 2.75) is 47.8 Å². The fourth-order valence-corrected chi connectivity index (χ4v) is 6.19. The molecule has 0 saturated carbocycles. The normalized spacial score (nSPS) is 14.4. The molecule has 5 rings (SSSR count). The molecule has 208 valence electrons. The van der Waals surface area contributed by atoms with Gasteiger partial charge in [-0.15, -0.1) is 0 Å². The van der Waals surface area contributed by atoms with Crippen LogP contribution in [0.4, 0.5) is 26.3 Å². The van der Waals surface area contributed by atoms with Crippen molar-refractivity contribution in [3.05, 3.63) is 67.2 Å². The van der Waals surface area contributed by atoms with Crippen LogP contribution in [-0.4, -0.2) is 31.0 Å². The minimum absolute atomic E-state index is 0.000732. The first-order valence-electron chi connectivity index (χ1n) is 11.5. The Hall–Kier alpha value is -4.64. The van der Waals surface area contributed by atoms with Gasteiger partial charge in [-0.05, 0) is 25.0 Å². The molecule has 0 unspecified atom stereocenters. The zero-order valence-electron chi connectivity index (χ0n) is 21.1. The fraction of sp³-hybridized carbons (Fsp3) is 0.231. The molecule has 0 bridgehead atoms. The summed E-state index contributed by atoms with van der Waals surface area (Å²) < 4.78 is 80.1. The van der Waals surface area contributed by atoms with Crippen LogP contribution in [0.15, 0.2) is 10.1 Å². The Morgan fingerprint density at radius 1 is 0.714 bits per heavy atom. The van der Waals surface area contributed by atoms with Crippen LogP contribution in [0.25, 0.3) is 43.6 Å². The highest BCUT2D eigenvalue weighted by Gasteiger charge is 2.40. The van der Waals surface area contributed by atoms with Crippen LogP contribution >= 0.6 is 23.5 Å². The molecule has 0 saturated heterocycles. The molecule has 0 atom stereocenters. The Morgan fingerprint density at radius 3 is 1.55 bits per heavy atom. The molecule has 16 heteroatoms. The topological polar surface area (TPSA) is 108 Å². The van der Waals surface area contributed by atoms with E-state index in [-0.39, 0.29) is 56.9 Å². The third-order valence-corrected chi connectivity index (χ3v) is 8.04. The zero-order chi connectivity index (χ0) is 30.7. The number of rotatable bonds is 2. The van der Waals surface area contributed by atoms with Gasteiger partial charge in [0, 0.05) is 57.9 Å². The number of alkyl halides is 6. The highest BCUT2D eigenvalue weighted by atomic mass is 32.2. The summed E-state index contributed by atoms with van der Waals surface area (Å²) in [4.78, 5) is 23.7. The summed E-state index contributed by atoms with van der Waals surface area (Å²) in [6.07, 6.45) is -0.332. The molecule has 2 aliphatic rings. The smallest absolute Gasteiger partial charge is 0.254 e. The summed E-state index contributed by atoms with van der Waals surface area (Å²) >= 11 is -1.74. The highest BCUT2D eigenvalue weighted by Crippen LogP contribution is 2.47. The van der Waals surface area contributed by atoms with E-state index in [9.17, 15) is 36.9 Å². The van der Waals surface area contributed by atoms with Crippen LogP contribution in [0.5, 0.6) is 0 Å². The van der Waals surface area contributed by atoms with Crippen molar-refractivity contribution in [3.63, 3.8) is 0 Å². The fourth-order valence-electron chi connectivity index (χ4n) is 4.95. The molecule has 3 aromatic rings. The van der Waals surface area contributed by atoms with Crippen LogP contribution in [0, 0.1) is 49.7 Å². The Balaban J connectivity index is 2.00. The van der Waals surface area contributed by atoms with E-state index in [4.69, 9.17) is 13.1 Å². The lowest BCUT2D eigenvalue weighted by Gasteiger charge is -2.14. The minimum atomic E-state index is -5.02. The van der Waals surface area contributed by atoms with Gasteiger partial charge in [-0.2, -0.15) is 26.3 Å². The van der Waals surface area contributed by atoms with Crippen LogP contribution in [0.1, 0.15) is 33.9 Å². The predicted octanol–water partition coefficient (Wildman–Crippen LogP) is 5.35. The van der Waals surface area contributed by atoms with Crippen molar-refractivity contribution < 1.29 is 26.3 Å². The van der Waals surface area contributed by atoms with E-state index in [2.05, 4.69) is 29.6 Å². The largest absolute Gasteiger partial charge is 0.447 e. The summed E-state index contributed by atoms with van der Waals surface area (Å²) in [5.74, 6) is 0. The number of nitriles is 2. The van der Waals surface area contributed by atoms with E-state index >= 15 is 0 Å². The minimum Gasteiger partial charge on any atom is -0.254 e. The Morgan fingerprint density at radius 2 is 1.12 bits per heavy atom. The summed E-state index contributed by atoms with van der Waals surface area (Å²) in [5.41, 5.74) is -8.88. The second kappa shape index (κ2) is 10.0. The number of halogens is 6. The molecular weight excluding hydrogens is 602 g/mol. The SMILES string of the molecule is [C-]#[N+]/C(C#N)=c1/c2c(/c(=C(\C#N)[N+]#[C-])c3c1-c1nc(C)c(C)nc1C3)-c1nc(SC(F)(F)F)c(SC(F)(F)F)nc1C2. The van der Waals surface area contributed by atoms with Crippen LogP contribution < -0.4 is 10.4 Å². The number of aryl methyl sites for hydroxylation is 2. The van der Waals surface area contributed by atoms with E-state index in [1.54, 1.807) is 19.9 Å². The molecule has 2 aliphatic carbocycles. The number of benzene rings is 1. The molecule has 0 amide bonds. The standard InChI is InChI=1S/C26H10F6N8S2/c1-9-10(2)38-21-13(37-9)5-11-18(16(8-34)36-4)20-12(17(19(11)21)15(7-33)35-3)6-14-22(20)40-24(42-26(30,31)32)23(39-14)41-25(27,28)29/h5-6H2,1-2H3/b17-15-,18-16+. The van der Waals surface area contributed by atoms with Crippen molar-refractivity contribution in [2.75, 3.05) is 0 Å². The quantitative estimate of drug-likeness (QED) is 0.149. The molecule has 0 spiro atoms. The van der Waals surface area contributed by atoms with Gasteiger partial charge in [0.2, 0.25) is 0 Å². The molecule has 0 fully saturated rings. The molecule has 2 heterocycles. The number of nitrogens with zero attached hydrogens (tertiary/aromatic N) is 8. The molecular formula is C26H10F6N8S2. The van der Waals surface area contributed by atoms with Gasteiger partial charge in [0.1, 0.15) is 10.1 Å². The first kappa shape index (κ1) is 28.9. The lowest BCUT2D eigenvalue weighted by atomic mass is 9.92. The lowest BCUT2D eigenvalue weighted by Crippen LogP contribution is -2.26. The molecule has 0 aliphatic heterocycles. The molecule has 8 nitrogen and oxygen atoms in total. The van der Waals surface area contributed by atoms with Crippen molar-refractivity contribution in [1.29, 1.82) is 10.5 Å². The Labute approximate surface area is 241 Å². The van der Waals surface area contributed by atoms with Crippen LogP contribution in [0.2, 0.25) is 0 Å². The van der Waals surface area contributed by atoms with E-state index in [1.807, 2.05) is 6.07 Å². The predicted molar refractivity (Wildman–Crippen MR) is 138 cm³/mol. The van der Waals surface area contributed by atoms with Gasteiger partial charge < -0.3 is 0 Å². The number of fused-ring (bicyclic) bond motifs is 6. The van der Waals surface area contributed by atoms with Gasteiger partial charge in [-0.3, -0.25) is 4.98 Å². The molecule has 42 heavy (non-hydrogen) atoms. The number of hydrogen-bond donors (Lipinski definition) is 0. The highest BCUT2D eigenvalue weighted by molar-refractivity contribution is 8.03. The molecule has 2 aromatic heterocycles. The van der Waals surface area contributed by atoms with Crippen LogP contribution in [-0.2, 0) is 12.8 Å². The van der Waals surface area contributed by atoms with Gasteiger partial charge in [-0.1, -0.05) is 0 Å². The summed E-state index contributed by atoms with van der Waals surface area (Å²) in [6.45, 7) is 18.7. The molecule has 0 radical (unpaired) electrons. The van der Waals surface area contributed by atoms with Gasteiger partial charge in [0.15, 0.2) is 0 Å². The van der Waals surface area contributed by atoms with E-state index in [0.29, 0.717) is 22.8 Å². The number of hydrogen-bond acceptors (Lipinski definition) is 8. The van der Waals surface area contributed by atoms with Crippen molar-refractivity contribution >= 4 is 34.9 Å². The maximum Gasteiger partial charge on any atom is 0.447 e. The molecule has 1 aromatic carbocycles. The van der Waals surface area contributed by atoms with Gasteiger partial charge in [-0.25, -0.2) is 35.2 Å². The van der Waals surface area contributed by atoms with Crippen LogP contribution in [0.3, 0.4) is 0 Å². The summed E-state index contributed by atoms with van der Waals surface area (Å²) in [7, 11) is 0. The van der Waals surface area contributed by atoms with E-state index in [1.165, 1.54) is 0 Å². The van der Waals surface area contributed by atoms with E-state index in [0.717, 1.165) is 0 Å². The van der Waals surface area contributed by atoms with Crippen molar-refractivity contribution in [2.24, 2.45) is 0 Å². The average molecular weight is 613 g/mol. The van der Waals surface area contributed by atoms with Gasteiger partial charge in [0.05, 0.1) is 59.4 Å². The Kier molecular flexibility index (Phi) is 6.89. The van der Waals surface area contributed by atoms with Crippen molar-refractivity contribution in [3.8, 4) is 34.7 Å². The number of aromatic nitrogens is 4. The summed E-state index contributed by atoms with van der Waals surface area (Å²) in [5, 5.41) is 17.7. The zero-order valence-corrected chi connectivity index (χ0v) is 22.7.